The monoisotopic (exact) mass is 485 g/mol. The van der Waals surface area contributed by atoms with Crippen molar-refractivity contribution in [2.24, 2.45) is 0 Å². The van der Waals surface area contributed by atoms with E-state index in [0.29, 0.717) is 21.4 Å². The largest absolute Gasteiger partial charge is 0.691 e. The van der Waals surface area contributed by atoms with Crippen molar-refractivity contribution >= 4 is 28.3 Å². The fraction of sp³-hybridized carbons (Fsp3) is 0.321. The van der Waals surface area contributed by atoms with Crippen LogP contribution in [0.2, 0.25) is 0 Å². The molecule has 4 aromatic rings. The van der Waals surface area contributed by atoms with Gasteiger partial charge < -0.3 is 19.7 Å². The van der Waals surface area contributed by atoms with E-state index in [4.69, 9.17) is 4.74 Å². The number of anilines is 2. The number of aromatic nitrogens is 3. The molecule has 1 aliphatic rings. The van der Waals surface area contributed by atoms with Gasteiger partial charge in [0.05, 0.1) is 12.2 Å². The number of hydrogen-bond acceptors (Lipinski definition) is 6. The number of carbonyl (C=O) groups is 1. The summed E-state index contributed by atoms with van der Waals surface area (Å²) in [6, 6.07) is 22.8. The van der Waals surface area contributed by atoms with E-state index in [9.17, 15) is 10.0 Å². The number of rotatable bonds is 8. The zero-order valence-electron chi connectivity index (χ0n) is 20.5. The molecule has 186 valence electrons. The highest BCUT2D eigenvalue weighted by molar-refractivity contribution is 5.99. The quantitative estimate of drug-likeness (QED) is 0.211. The molecule has 36 heavy (non-hydrogen) atoms. The van der Waals surface area contributed by atoms with Gasteiger partial charge in [-0.15, -0.1) is 4.85 Å². The van der Waals surface area contributed by atoms with Crippen molar-refractivity contribution < 1.29 is 14.4 Å². The first-order valence-electron chi connectivity index (χ1n) is 12.6. The van der Waals surface area contributed by atoms with Crippen LogP contribution in [0.3, 0.4) is 0 Å². The zero-order valence-corrected chi connectivity index (χ0v) is 20.5. The number of piperazine rings is 1. The zero-order chi connectivity index (χ0) is 24.9. The van der Waals surface area contributed by atoms with Crippen molar-refractivity contribution in [3.8, 4) is 5.75 Å². The SMILES string of the molecule is CCCCCOc1ccc(N2CCN(c3ccc(C(=O)n4n[n+]([O-])c5ccccc54)cc3)CC2)cc1. The Bertz CT molecular complexity index is 1310. The molecule has 0 aliphatic carbocycles. The Balaban J connectivity index is 1.18. The van der Waals surface area contributed by atoms with Gasteiger partial charge in [0.2, 0.25) is 11.0 Å². The Labute approximate surface area is 210 Å². The van der Waals surface area contributed by atoms with E-state index in [0.717, 1.165) is 55.3 Å². The van der Waals surface area contributed by atoms with Gasteiger partial charge in [-0.3, -0.25) is 0 Å². The maximum Gasteiger partial charge on any atom is 0.366 e. The van der Waals surface area contributed by atoms with Crippen LogP contribution in [0, 0.1) is 5.21 Å². The molecule has 5 rings (SSSR count). The lowest BCUT2D eigenvalue weighted by atomic mass is 10.1. The van der Waals surface area contributed by atoms with Crippen LogP contribution in [0.1, 0.15) is 36.5 Å². The van der Waals surface area contributed by atoms with Gasteiger partial charge in [-0.25, -0.2) is 4.79 Å². The Morgan fingerprint density at radius 2 is 1.50 bits per heavy atom. The number of hydrogen-bond donors (Lipinski definition) is 0. The molecule has 0 spiro atoms. The van der Waals surface area contributed by atoms with E-state index >= 15 is 0 Å². The van der Waals surface area contributed by atoms with Crippen molar-refractivity contribution in [2.75, 3.05) is 42.6 Å². The van der Waals surface area contributed by atoms with Gasteiger partial charge in [-0.05, 0) is 67.1 Å². The summed E-state index contributed by atoms with van der Waals surface area (Å²) in [7, 11) is 0. The van der Waals surface area contributed by atoms with Crippen LogP contribution in [0.25, 0.3) is 11.0 Å². The highest BCUT2D eigenvalue weighted by Gasteiger charge is 2.23. The van der Waals surface area contributed by atoms with Gasteiger partial charge in [0.25, 0.3) is 0 Å². The highest BCUT2D eigenvalue weighted by Crippen LogP contribution is 2.24. The van der Waals surface area contributed by atoms with E-state index in [1.807, 2.05) is 12.1 Å². The molecule has 1 aliphatic heterocycles. The molecule has 0 saturated carbocycles. The number of nitrogens with zero attached hydrogens (tertiary/aromatic N) is 5. The molecule has 0 bridgehead atoms. The maximum atomic E-state index is 13.0. The standard InChI is InChI=1S/C28H31N5O3/c1-2-3-6-21-36-25-15-13-24(14-16-25)31-19-17-30(18-20-31)23-11-9-22(10-12-23)28(34)32-26-7-4-5-8-27(26)33(35)29-32/h4-5,7-16H,2-3,6,17-21H2,1H3. The minimum atomic E-state index is -0.324. The summed E-state index contributed by atoms with van der Waals surface area (Å²) in [5.41, 5.74) is 3.64. The Morgan fingerprint density at radius 3 is 2.14 bits per heavy atom. The average Bonchev–Trinajstić information content (AvgIpc) is 3.28. The first-order valence-corrected chi connectivity index (χ1v) is 12.6. The third-order valence-electron chi connectivity index (χ3n) is 6.66. The number of unbranched alkanes of at least 4 members (excludes halogenated alkanes) is 2. The van der Waals surface area contributed by atoms with Gasteiger partial charge in [0.15, 0.2) is 0 Å². The molecule has 0 N–H and O–H groups in total. The molecular formula is C28H31N5O3. The molecule has 3 aromatic carbocycles. The summed E-state index contributed by atoms with van der Waals surface area (Å²) in [6.07, 6.45) is 3.49. The van der Waals surface area contributed by atoms with Crippen molar-refractivity contribution in [1.82, 2.24) is 9.90 Å². The third kappa shape index (κ3) is 4.98. The number of benzene rings is 3. The van der Waals surface area contributed by atoms with Gasteiger partial charge in [0.1, 0.15) is 11.0 Å². The van der Waals surface area contributed by atoms with E-state index < -0.39 is 0 Å². The molecule has 1 fully saturated rings. The molecular weight excluding hydrogens is 454 g/mol. The van der Waals surface area contributed by atoms with Crippen LogP contribution >= 0.6 is 0 Å². The summed E-state index contributed by atoms with van der Waals surface area (Å²) < 4.78 is 6.99. The number of para-hydroxylation sites is 2. The van der Waals surface area contributed by atoms with Crippen molar-refractivity contribution in [1.29, 1.82) is 0 Å². The lowest BCUT2D eigenvalue weighted by Crippen LogP contribution is -2.46. The number of carbonyl (C=O) groups excluding carboxylic acids is 1. The molecule has 0 atom stereocenters. The molecule has 2 heterocycles. The molecule has 0 unspecified atom stereocenters. The van der Waals surface area contributed by atoms with Gasteiger partial charge in [-0.2, -0.15) is 0 Å². The second-order valence-corrected chi connectivity index (χ2v) is 9.04. The minimum Gasteiger partial charge on any atom is -0.691 e. The normalized spacial score (nSPS) is 13.8. The van der Waals surface area contributed by atoms with Crippen LogP contribution < -0.4 is 19.4 Å². The molecule has 8 heteroatoms. The fourth-order valence-electron chi connectivity index (χ4n) is 4.59. The average molecular weight is 486 g/mol. The first kappa shape index (κ1) is 23.7. The van der Waals surface area contributed by atoms with Crippen LogP contribution in [0.15, 0.2) is 72.8 Å². The fourth-order valence-corrected chi connectivity index (χ4v) is 4.59. The van der Waals surface area contributed by atoms with Gasteiger partial charge in [-0.1, -0.05) is 36.6 Å². The van der Waals surface area contributed by atoms with Crippen LogP contribution in [-0.4, -0.2) is 48.6 Å². The molecule has 1 aromatic heterocycles. The molecule has 1 saturated heterocycles. The molecule has 0 amide bonds. The second kappa shape index (κ2) is 10.7. The third-order valence-corrected chi connectivity index (χ3v) is 6.66. The van der Waals surface area contributed by atoms with Crippen LogP contribution in [-0.2, 0) is 0 Å². The second-order valence-electron chi connectivity index (χ2n) is 9.04. The summed E-state index contributed by atoms with van der Waals surface area (Å²) in [4.78, 5) is 18.2. The predicted molar refractivity (Wildman–Crippen MR) is 141 cm³/mol. The van der Waals surface area contributed by atoms with Gasteiger partial charge >= 0.3 is 5.91 Å². The Morgan fingerprint density at radius 1 is 0.889 bits per heavy atom. The Hall–Kier alpha value is -4.07. The Kier molecular flexibility index (Phi) is 7.02. The highest BCUT2D eigenvalue weighted by atomic mass is 16.5. The molecule has 0 radical (unpaired) electrons. The van der Waals surface area contributed by atoms with Crippen LogP contribution in [0.4, 0.5) is 11.4 Å². The topological polar surface area (TPSA) is 77.5 Å². The van der Waals surface area contributed by atoms with Crippen molar-refractivity contribution in [2.45, 2.75) is 26.2 Å². The van der Waals surface area contributed by atoms with E-state index in [1.165, 1.54) is 18.5 Å². The summed E-state index contributed by atoms with van der Waals surface area (Å²) in [5.74, 6) is 0.603. The van der Waals surface area contributed by atoms with E-state index in [1.54, 1.807) is 36.4 Å². The van der Waals surface area contributed by atoms with E-state index in [-0.39, 0.29) is 5.91 Å². The van der Waals surface area contributed by atoms with Crippen molar-refractivity contribution in [3.63, 3.8) is 0 Å². The summed E-state index contributed by atoms with van der Waals surface area (Å²) in [6.45, 7) is 6.58. The summed E-state index contributed by atoms with van der Waals surface area (Å²) >= 11 is 0. The number of fused-ring (bicyclic) bond motifs is 1. The smallest absolute Gasteiger partial charge is 0.366 e. The molecule has 8 nitrogen and oxygen atoms in total. The minimum absolute atomic E-state index is 0.324. The predicted octanol–water partition coefficient (Wildman–Crippen LogP) is 4.25. The lowest BCUT2D eigenvalue weighted by Gasteiger charge is -2.37. The number of ether oxygens (including phenoxy) is 1. The first-order chi connectivity index (χ1) is 17.6. The van der Waals surface area contributed by atoms with Gasteiger partial charge in [0, 0.05) is 37.6 Å². The van der Waals surface area contributed by atoms with Crippen molar-refractivity contribution in [3.05, 3.63) is 83.6 Å². The lowest BCUT2D eigenvalue weighted by molar-refractivity contribution is -0.645. The van der Waals surface area contributed by atoms with E-state index in [2.05, 4.69) is 46.2 Å². The van der Waals surface area contributed by atoms with Crippen LogP contribution in [0.5, 0.6) is 5.75 Å². The maximum absolute atomic E-state index is 13.0. The summed E-state index contributed by atoms with van der Waals surface area (Å²) in [5, 5.41) is 15.9.